The van der Waals surface area contributed by atoms with Gasteiger partial charge in [-0.25, -0.2) is 0 Å². The van der Waals surface area contributed by atoms with Gasteiger partial charge in [0.2, 0.25) is 0 Å². The Balaban J connectivity index is 1.79. The van der Waals surface area contributed by atoms with Crippen LogP contribution in [0.1, 0.15) is 59.9 Å². The lowest BCUT2D eigenvalue weighted by atomic mass is 10.1. The first-order valence-electron chi connectivity index (χ1n) is 7.39. The number of aromatic nitrogens is 2. The Labute approximate surface area is 123 Å². The predicted octanol–water partition coefficient (Wildman–Crippen LogP) is 2.90. The third kappa shape index (κ3) is 2.70. The summed E-state index contributed by atoms with van der Waals surface area (Å²) in [5.41, 5.74) is 1.20. The van der Waals surface area contributed by atoms with Crippen LogP contribution < -0.4 is 0 Å². The molecule has 1 atom stereocenters. The van der Waals surface area contributed by atoms with Crippen LogP contribution in [0.3, 0.4) is 0 Å². The molecule has 112 valence electrons. The van der Waals surface area contributed by atoms with Crippen molar-refractivity contribution < 1.29 is 13.8 Å². The van der Waals surface area contributed by atoms with Crippen LogP contribution in [-0.2, 0) is 6.42 Å². The van der Waals surface area contributed by atoms with E-state index in [4.69, 9.17) is 9.05 Å². The Bertz CT molecular complexity index is 632. The standard InChI is InChI=1S/C15H19N3O3/c1-3-5-11-9-12(16-21-11)14-6-4-7-18(14)15(19)13-8-10(2)20-17-13/h8-9,14H,3-7H2,1-2H3/t14-/m0/s1. The van der Waals surface area contributed by atoms with Gasteiger partial charge in [-0.3, -0.25) is 4.79 Å². The predicted molar refractivity (Wildman–Crippen MR) is 74.7 cm³/mol. The van der Waals surface area contributed by atoms with E-state index in [-0.39, 0.29) is 11.9 Å². The molecule has 2 aromatic heterocycles. The van der Waals surface area contributed by atoms with E-state index >= 15 is 0 Å². The van der Waals surface area contributed by atoms with E-state index < -0.39 is 0 Å². The molecule has 2 aromatic rings. The van der Waals surface area contributed by atoms with E-state index in [1.165, 1.54) is 0 Å². The van der Waals surface area contributed by atoms with Gasteiger partial charge in [0.1, 0.15) is 17.2 Å². The number of aryl methyl sites for hydroxylation is 2. The van der Waals surface area contributed by atoms with E-state index in [2.05, 4.69) is 17.2 Å². The van der Waals surface area contributed by atoms with Crippen LogP contribution >= 0.6 is 0 Å². The summed E-state index contributed by atoms with van der Waals surface area (Å²) in [6.45, 7) is 4.59. The van der Waals surface area contributed by atoms with Crippen LogP contribution in [0.2, 0.25) is 0 Å². The van der Waals surface area contributed by atoms with Crippen LogP contribution in [0.15, 0.2) is 21.2 Å². The number of carbonyl (C=O) groups is 1. The topological polar surface area (TPSA) is 72.4 Å². The first kappa shape index (κ1) is 13.9. The minimum Gasteiger partial charge on any atom is -0.361 e. The highest BCUT2D eigenvalue weighted by molar-refractivity contribution is 5.92. The monoisotopic (exact) mass is 289 g/mol. The maximum atomic E-state index is 12.5. The van der Waals surface area contributed by atoms with E-state index in [1.54, 1.807) is 13.0 Å². The third-order valence-corrected chi connectivity index (χ3v) is 3.78. The zero-order valence-electron chi connectivity index (χ0n) is 12.3. The smallest absolute Gasteiger partial charge is 0.276 e. The first-order chi connectivity index (χ1) is 10.2. The van der Waals surface area contributed by atoms with Gasteiger partial charge in [0.25, 0.3) is 5.91 Å². The molecule has 0 bridgehead atoms. The Hall–Kier alpha value is -2.11. The van der Waals surface area contributed by atoms with Gasteiger partial charge in [-0.2, -0.15) is 0 Å². The van der Waals surface area contributed by atoms with E-state index in [0.717, 1.165) is 37.1 Å². The first-order valence-corrected chi connectivity index (χ1v) is 7.39. The highest BCUT2D eigenvalue weighted by Crippen LogP contribution is 2.32. The van der Waals surface area contributed by atoms with Gasteiger partial charge in [0, 0.05) is 25.1 Å². The summed E-state index contributed by atoms with van der Waals surface area (Å²) < 4.78 is 10.3. The summed E-state index contributed by atoms with van der Waals surface area (Å²) in [6, 6.07) is 3.61. The zero-order valence-corrected chi connectivity index (χ0v) is 12.3. The fourth-order valence-corrected chi connectivity index (χ4v) is 2.78. The maximum Gasteiger partial charge on any atom is 0.276 e. The van der Waals surface area contributed by atoms with Crippen molar-refractivity contribution in [2.24, 2.45) is 0 Å². The molecule has 0 unspecified atom stereocenters. The van der Waals surface area contributed by atoms with E-state index in [1.807, 2.05) is 11.0 Å². The third-order valence-electron chi connectivity index (χ3n) is 3.78. The molecule has 21 heavy (non-hydrogen) atoms. The molecule has 0 spiro atoms. The number of rotatable bonds is 4. The summed E-state index contributed by atoms with van der Waals surface area (Å²) >= 11 is 0. The van der Waals surface area contributed by atoms with Crippen molar-refractivity contribution in [3.05, 3.63) is 35.0 Å². The summed E-state index contributed by atoms with van der Waals surface area (Å²) in [6.07, 6.45) is 3.75. The molecule has 1 aliphatic heterocycles. The lowest BCUT2D eigenvalue weighted by molar-refractivity contribution is 0.0720. The van der Waals surface area contributed by atoms with Crippen LogP contribution in [0.25, 0.3) is 0 Å². The Morgan fingerprint density at radius 3 is 2.95 bits per heavy atom. The number of nitrogens with zero attached hydrogens (tertiary/aromatic N) is 3. The molecule has 0 aromatic carbocycles. The summed E-state index contributed by atoms with van der Waals surface area (Å²) in [4.78, 5) is 14.3. The van der Waals surface area contributed by atoms with Gasteiger partial charge in [-0.1, -0.05) is 17.2 Å². The van der Waals surface area contributed by atoms with Crippen molar-refractivity contribution >= 4 is 5.91 Å². The largest absolute Gasteiger partial charge is 0.361 e. The summed E-state index contributed by atoms with van der Waals surface area (Å²) in [7, 11) is 0. The molecule has 6 heteroatoms. The van der Waals surface area contributed by atoms with Gasteiger partial charge in [0.15, 0.2) is 5.69 Å². The highest BCUT2D eigenvalue weighted by atomic mass is 16.5. The number of amides is 1. The average Bonchev–Trinajstić information content (AvgIpc) is 3.17. The molecular formula is C15H19N3O3. The number of carbonyl (C=O) groups excluding carboxylic acids is 1. The molecule has 0 radical (unpaired) electrons. The fourth-order valence-electron chi connectivity index (χ4n) is 2.78. The average molecular weight is 289 g/mol. The van der Waals surface area contributed by atoms with Crippen LogP contribution in [0.4, 0.5) is 0 Å². The lowest BCUT2D eigenvalue weighted by Gasteiger charge is -2.21. The SMILES string of the molecule is CCCc1cc([C@@H]2CCCN2C(=O)c2cc(C)on2)no1. The normalized spacial score (nSPS) is 18.4. The minimum absolute atomic E-state index is 0.0242. The molecule has 0 saturated carbocycles. The zero-order chi connectivity index (χ0) is 14.8. The minimum atomic E-state index is -0.102. The van der Waals surface area contributed by atoms with Gasteiger partial charge >= 0.3 is 0 Å². The Kier molecular flexibility index (Phi) is 3.77. The van der Waals surface area contributed by atoms with E-state index in [0.29, 0.717) is 18.0 Å². The van der Waals surface area contributed by atoms with Crippen molar-refractivity contribution in [1.82, 2.24) is 15.2 Å². The van der Waals surface area contributed by atoms with Gasteiger partial charge < -0.3 is 13.9 Å². The molecule has 3 heterocycles. The molecule has 1 amide bonds. The van der Waals surface area contributed by atoms with E-state index in [9.17, 15) is 4.79 Å². The maximum absolute atomic E-state index is 12.5. The second-order valence-electron chi connectivity index (χ2n) is 5.45. The van der Waals surface area contributed by atoms with Crippen molar-refractivity contribution in [3.63, 3.8) is 0 Å². The van der Waals surface area contributed by atoms with Crippen LogP contribution in [0, 0.1) is 6.92 Å². The highest BCUT2D eigenvalue weighted by Gasteiger charge is 2.33. The summed E-state index contributed by atoms with van der Waals surface area (Å²) in [5.74, 6) is 1.42. The van der Waals surface area contributed by atoms with Crippen LogP contribution in [0.5, 0.6) is 0 Å². The number of hydrogen-bond donors (Lipinski definition) is 0. The second kappa shape index (κ2) is 5.71. The van der Waals surface area contributed by atoms with Crippen molar-refractivity contribution in [2.45, 2.75) is 45.6 Å². The second-order valence-corrected chi connectivity index (χ2v) is 5.45. The molecule has 0 N–H and O–H groups in total. The quantitative estimate of drug-likeness (QED) is 0.865. The molecule has 1 fully saturated rings. The summed E-state index contributed by atoms with van der Waals surface area (Å²) in [5, 5.41) is 7.95. The number of hydrogen-bond acceptors (Lipinski definition) is 5. The Morgan fingerprint density at radius 1 is 1.38 bits per heavy atom. The van der Waals surface area contributed by atoms with Gasteiger partial charge in [0.05, 0.1) is 6.04 Å². The van der Waals surface area contributed by atoms with Gasteiger partial charge in [-0.15, -0.1) is 0 Å². The molecule has 6 nitrogen and oxygen atoms in total. The fraction of sp³-hybridized carbons (Fsp3) is 0.533. The lowest BCUT2D eigenvalue weighted by Crippen LogP contribution is -2.30. The molecular weight excluding hydrogens is 270 g/mol. The van der Waals surface area contributed by atoms with Crippen molar-refractivity contribution in [2.75, 3.05) is 6.54 Å². The van der Waals surface area contributed by atoms with Crippen LogP contribution in [-0.4, -0.2) is 27.7 Å². The van der Waals surface area contributed by atoms with Crippen molar-refractivity contribution in [1.29, 1.82) is 0 Å². The van der Waals surface area contributed by atoms with Gasteiger partial charge in [-0.05, 0) is 26.2 Å². The van der Waals surface area contributed by atoms with Crippen molar-refractivity contribution in [3.8, 4) is 0 Å². The molecule has 1 aliphatic rings. The Morgan fingerprint density at radius 2 is 2.24 bits per heavy atom. The molecule has 0 aliphatic carbocycles. The number of likely N-dealkylation sites (tertiary alicyclic amines) is 1. The molecule has 1 saturated heterocycles. The molecule has 3 rings (SSSR count).